The number of carbonyl (C=O) groups is 1. The fourth-order valence-corrected chi connectivity index (χ4v) is 2.04. The molecule has 2 aromatic carbocycles. The first kappa shape index (κ1) is 13.1. The van der Waals surface area contributed by atoms with Gasteiger partial charge in [-0.25, -0.2) is 10.8 Å². The molecule has 106 valence electrons. The molecule has 21 heavy (non-hydrogen) atoms. The molecule has 0 aliphatic heterocycles. The average molecular weight is 282 g/mol. The van der Waals surface area contributed by atoms with Crippen LogP contribution in [-0.4, -0.2) is 15.9 Å². The maximum atomic E-state index is 11.4. The van der Waals surface area contributed by atoms with Crippen molar-refractivity contribution in [2.45, 2.75) is 6.61 Å². The SMILES string of the molecule is NNC(=O)c1cccc(OCc2nc3ccccc3[nH]2)c1. The Labute approximate surface area is 120 Å². The van der Waals surface area contributed by atoms with E-state index in [-0.39, 0.29) is 5.91 Å². The first-order valence-electron chi connectivity index (χ1n) is 6.44. The monoisotopic (exact) mass is 282 g/mol. The third-order valence-electron chi connectivity index (χ3n) is 3.04. The van der Waals surface area contributed by atoms with Crippen molar-refractivity contribution >= 4 is 16.9 Å². The average Bonchev–Trinajstić information content (AvgIpc) is 2.95. The smallest absolute Gasteiger partial charge is 0.265 e. The summed E-state index contributed by atoms with van der Waals surface area (Å²) in [5, 5.41) is 0. The van der Waals surface area contributed by atoms with E-state index in [4.69, 9.17) is 10.6 Å². The van der Waals surface area contributed by atoms with Crippen LogP contribution >= 0.6 is 0 Å². The molecule has 0 aliphatic rings. The number of hydrogen-bond acceptors (Lipinski definition) is 4. The molecule has 0 atom stereocenters. The molecule has 0 radical (unpaired) electrons. The molecule has 0 spiro atoms. The first-order valence-corrected chi connectivity index (χ1v) is 6.44. The minimum atomic E-state index is -0.357. The van der Waals surface area contributed by atoms with E-state index >= 15 is 0 Å². The van der Waals surface area contributed by atoms with Gasteiger partial charge in [-0.15, -0.1) is 0 Å². The molecule has 6 nitrogen and oxygen atoms in total. The lowest BCUT2D eigenvalue weighted by Crippen LogP contribution is -2.29. The van der Waals surface area contributed by atoms with Gasteiger partial charge in [-0.05, 0) is 30.3 Å². The van der Waals surface area contributed by atoms with E-state index in [1.54, 1.807) is 24.3 Å². The third-order valence-corrected chi connectivity index (χ3v) is 3.04. The summed E-state index contributed by atoms with van der Waals surface area (Å²) in [6, 6.07) is 14.6. The van der Waals surface area contributed by atoms with E-state index in [9.17, 15) is 4.79 Å². The number of nitrogens with zero attached hydrogens (tertiary/aromatic N) is 1. The molecule has 0 unspecified atom stereocenters. The highest BCUT2D eigenvalue weighted by atomic mass is 16.5. The Morgan fingerprint density at radius 3 is 2.90 bits per heavy atom. The normalized spacial score (nSPS) is 10.5. The van der Waals surface area contributed by atoms with Crippen LogP contribution < -0.4 is 16.0 Å². The van der Waals surface area contributed by atoms with Crippen molar-refractivity contribution in [3.63, 3.8) is 0 Å². The number of aromatic amines is 1. The summed E-state index contributed by atoms with van der Waals surface area (Å²) >= 11 is 0. The van der Waals surface area contributed by atoms with E-state index in [0.717, 1.165) is 16.9 Å². The number of aromatic nitrogens is 2. The van der Waals surface area contributed by atoms with Crippen molar-refractivity contribution in [1.82, 2.24) is 15.4 Å². The van der Waals surface area contributed by atoms with Gasteiger partial charge in [0, 0.05) is 5.56 Å². The van der Waals surface area contributed by atoms with E-state index in [0.29, 0.717) is 17.9 Å². The fourth-order valence-electron chi connectivity index (χ4n) is 2.04. The topological polar surface area (TPSA) is 93.0 Å². The molecular weight excluding hydrogens is 268 g/mol. The molecular formula is C15H14N4O2. The fraction of sp³-hybridized carbons (Fsp3) is 0.0667. The molecule has 0 bridgehead atoms. The van der Waals surface area contributed by atoms with Crippen LogP contribution in [0.4, 0.5) is 0 Å². The number of fused-ring (bicyclic) bond motifs is 1. The van der Waals surface area contributed by atoms with Crippen LogP contribution in [0.15, 0.2) is 48.5 Å². The Morgan fingerprint density at radius 2 is 2.10 bits per heavy atom. The molecule has 1 heterocycles. The van der Waals surface area contributed by atoms with Crippen LogP contribution in [0, 0.1) is 0 Å². The zero-order chi connectivity index (χ0) is 14.7. The molecule has 0 aliphatic carbocycles. The number of hydrogen-bond donors (Lipinski definition) is 3. The second kappa shape index (κ2) is 5.64. The first-order chi connectivity index (χ1) is 10.3. The van der Waals surface area contributed by atoms with E-state index in [1.165, 1.54) is 0 Å². The molecule has 4 N–H and O–H groups in total. The van der Waals surface area contributed by atoms with Crippen molar-refractivity contribution in [2.75, 3.05) is 0 Å². The summed E-state index contributed by atoms with van der Waals surface area (Å²) in [6.07, 6.45) is 0. The second-order valence-corrected chi connectivity index (χ2v) is 4.49. The second-order valence-electron chi connectivity index (χ2n) is 4.49. The van der Waals surface area contributed by atoms with E-state index < -0.39 is 0 Å². The van der Waals surface area contributed by atoms with Crippen molar-refractivity contribution in [2.24, 2.45) is 5.84 Å². The maximum Gasteiger partial charge on any atom is 0.265 e. The van der Waals surface area contributed by atoms with Crippen LogP contribution in [-0.2, 0) is 6.61 Å². The van der Waals surface area contributed by atoms with Crippen LogP contribution in [0.3, 0.4) is 0 Å². The molecule has 0 fully saturated rings. The van der Waals surface area contributed by atoms with Crippen molar-refractivity contribution in [1.29, 1.82) is 0 Å². The number of amides is 1. The summed E-state index contributed by atoms with van der Waals surface area (Å²) in [4.78, 5) is 19.0. The van der Waals surface area contributed by atoms with Gasteiger partial charge in [-0.1, -0.05) is 18.2 Å². The molecule has 3 aromatic rings. The van der Waals surface area contributed by atoms with Gasteiger partial charge in [-0.2, -0.15) is 0 Å². The van der Waals surface area contributed by atoms with Crippen LogP contribution in [0.25, 0.3) is 11.0 Å². The van der Waals surface area contributed by atoms with Gasteiger partial charge in [0.1, 0.15) is 18.2 Å². The number of nitrogen functional groups attached to an aromatic ring is 1. The number of hydrazine groups is 1. The predicted octanol–water partition coefficient (Wildman–Crippen LogP) is 1.75. The summed E-state index contributed by atoms with van der Waals surface area (Å²) in [5.41, 5.74) is 4.39. The minimum absolute atomic E-state index is 0.294. The van der Waals surface area contributed by atoms with E-state index in [2.05, 4.69) is 15.4 Å². The Morgan fingerprint density at radius 1 is 1.24 bits per heavy atom. The number of ether oxygens (including phenoxy) is 1. The van der Waals surface area contributed by atoms with Gasteiger partial charge in [0.2, 0.25) is 0 Å². The highest BCUT2D eigenvalue weighted by Gasteiger charge is 2.06. The van der Waals surface area contributed by atoms with Crippen molar-refractivity contribution < 1.29 is 9.53 Å². The Kier molecular flexibility index (Phi) is 3.53. The number of rotatable bonds is 4. The molecule has 0 saturated heterocycles. The van der Waals surface area contributed by atoms with Crippen LogP contribution in [0.1, 0.15) is 16.2 Å². The summed E-state index contributed by atoms with van der Waals surface area (Å²) in [5.74, 6) is 6.06. The largest absolute Gasteiger partial charge is 0.486 e. The van der Waals surface area contributed by atoms with E-state index in [1.807, 2.05) is 24.3 Å². The van der Waals surface area contributed by atoms with Gasteiger partial charge >= 0.3 is 0 Å². The maximum absolute atomic E-state index is 11.4. The standard InChI is InChI=1S/C15H14N4O2/c16-19-15(20)10-4-3-5-11(8-10)21-9-14-17-12-6-1-2-7-13(12)18-14/h1-8H,9,16H2,(H,17,18)(H,19,20). The Bertz CT molecular complexity index is 749. The number of para-hydroxylation sites is 2. The quantitative estimate of drug-likeness (QED) is 0.386. The molecule has 1 aromatic heterocycles. The molecule has 0 saturated carbocycles. The van der Waals surface area contributed by atoms with Crippen molar-refractivity contribution in [3.05, 3.63) is 59.9 Å². The van der Waals surface area contributed by atoms with Gasteiger partial charge in [0.05, 0.1) is 11.0 Å². The number of nitrogens with two attached hydrogens (primary N) is 1. The Hall–Kier alpha value is -2.86. The highest BCUT2D eigenvalue weighted by Crippen LogP contribution is 2.16. The lowest BCUT2D eigenvalue weighted by molar-refractivity contribution is 0.0953. The van der Waals surface area contributed by atoms with Gasteiger partial charge < -0.3 is 9.72 Å². The molecule has 1 amide bonds. The summed E-state index contributed by atoms with van der Waals surface area (Å²) in [6.45, 7) is 0.294. The number of nitrogens with one attached hydrogen (secondary N) is 2. The lowest BCUT2D eigenvalue weighted by Gasteiger charge is -2.06. The van der Waals surface area contributed by atoms with Crippen LogP contribution in [0.2, 0.25) is 0 Å². The molecule has 6 heteroatoms. The van der Waals surface area contributed by atoms with Crippen molar-refractivity contribution in [3.8, 4) is 5.75 Å². The highest BCUT2D eigenvalue weighted by molar-refractivity contribution is 5.94. The van der Waals surface area contributed by atoms with Gasteiger partial charge in [0.25, 0.3) is 5.91 Å². The van der Waals surface area contributed by atoms with Gasteiger partial charge in [-0.3, -0.25) is 10.2 Å². The van der Waals surface area contributed by atoms with Gasteiger partial charge in [0.15, 0.2) is 0 Å². The zero-order valence-corrected chi connectivity index (χ0v) is 11.2. The summed E-state index contributed by atoms with van der Waals surface area (Å²) < 4.78 is 5.64. The third kappa shape index (κ3) is 2.85. The number of imidazole rings is 1. The molecule has 3 rings (SSSR count). The minimum Gasteiger partial charge on any atom is -0.486 e. The number of benzene rings is 2. The predicted molar refractivity (Wildman–Crippen MR) is 78.5 cm³/mol. The summed E-state index contributed by atoms with van der Waals surface area (Å²) in [7, 11) is 0. The zero-order valence-electron chi connectivity index (χ0n) is 11.2. The number of H-pyrrole nitrogens is 1. The Balaban J connectivity index is 1.73. The lowest BCUT2D eigenvalue weighted by atomic mass is 10.2. The van der Waals surface area contributed by atoms with Crippen LogP contribution in [0.5, 0.6) is 5.75 Å². The number of carbonyl (C=O) groups excluding carboxylic acids is 1.